The van der Waals surface area contributed by atoms with Crippen LogP contribution in [0.2, 0.25) is 5.02 Å². The number of hydrogen-bond donors (Lipinski definition) is 2. The average Bonchev–Trinajstić information content (AvgIpc) is 2.71. The van der Waals surface area contributed by atoms with Crippen LogP contribution in [0.5, 0.6) is 0 Å². The average molecular weight is 399 g/mol. The molecule has 0 bridgehead atoms. The van der Waals surface area contributed by atoms with E-state index in [2.05, 4.69) is 23.5 Å². The Bertz CT molecular complexity index is 867. The van der Waals surface area contributed by atoms with E-state index in [1.807, 2.05) is 18.2 Å². The summed E-state index contributed by atoms with van der Waals surface area (Å²) in [5.41, 5.74) is 3.14. The van der Waals surface area contributed by atoms with Crippen LogP contribution in [0.1, 0.15) is 12.0 Å². The van der Waals surface area contributed by atoms with E-state index in [4.69, 9.17) is 11.6 Å². The van der Waals surface area contributed by atoms with E-state index < -0.39 is 0 Å². The summed E-state index contributed by atoms with van der Waals surface area (Å²) in [7, 11) is 1.66. The van der Waals surface area contributed by atoms with Gasteiger partial charge in [0.15, 0.2) is 6.54 Å². The highest BCUT2D eigenvalue weighted by atomic mass is 35.5. The molecule has 0 fully saturated rings. The van der Waals surface area contributed by atoms with Crippen molar-refractivity contribution in [1.82, 2.24) is 4.90 Å². The Balaban J connectivity index is 1.47. The van der Waals surface area contributed by atoms with Crippen LogP contribution >= 0.6 is 11.6 Å². The number of likely N-dealkylation sites (N-methyl/N-ethyl adjacent to an activating group) is 1. The maximum absolute atomic E-state index is 12.5. The van der Waals surface area contributed by atoms with Crippen molar-refractivity contribution in [1.29, 1.82) is 0 Å². The van der Waals surface area contributed by atoms with Crippen molar-refractivity contribution >= 4 is 34.7 Å². The third kappa shape index (κ3) is 5.44. The normalized spacial score (nSPS) is 16.2. The third-order valence-electron chi connectivity index (χ3n) is 4.89. The maximum atomic E-state index is 12.5. The van der Waals surface area contributed by atoms with Gasteiger partial charge in [0.25, 0.3) is 5.91 Å². The lowest BCUT2D eigenvalue weighted by molar-refractivity contribution is -0.887. The largest absolute Gasteiger partial charge is 0.332 e. The number of anilines is 1. The fraction of sp³-hybridized carbons (Fsp3) is 0.273. The summed E-state index contributed by atoms with van der Waals surface area (Å²) in [5, 5.41) is 3.22. The van der Waals surface area contributed by atoms with Crippen LogP contribution in [-0.2, 0) is 9.59 Å². The highest BCUT2D eigenvalue weighted by Crippen LogP contribution is 2.20. The molecular formula is C22H25ClN3O2+. The molecule has 1 heterocycles. The van der Waals surface area contributed by atoms with Crippen LogP contribution in [-0.4, -0.2) is 49.9 Å². The molecule has 3 rings (SSSR count). The lowest BCUT2D eigenvalue weighted by atomic mass is 10.00. The molecule has 2 amide bonds. The summed E-state index contributed by atoms with van der Waals surface area (Å²) >= 11 is 6.05. The molecule has 0 spiro atoms. The van der Waals surface area contributed by atoms with E-state index in [0.29, 0.717) is 17.3 Å². The first-order valence-corrected chi connectivity index (χ1v) is 9.77. The van der Waals surface area contributed by atoms with E-state index in [-0.39, 0.29) is 18.4 Å². The predicted octanol–water partition coefficient (Wildman–Crippen LogP) is 2.11. The smallest absolute Gasteiger partial charge is 0.277 e. The number of amides is 2. The zero-order chi connectivity index (χ0) is 19.9. The number of carbonyl (C=O) groups is 2. The minimum atomic E-state index is -0.260. The number of halogens is 1. The summed E-state index contributed by atoms with van der Waals surface area (Å²) in [5.74, 6) is -0.301. The van der Waals surface area contributed by atoms with E-state index >= 15 is 0 Å². The zero-order valence-corrected chi connectivity index (χ0v) is 16.7. The summed E-state index contributed by atoms with van der Waals surface area (Å²) in [6.45, 7) is 2.11. The van der Waals surface area contributed by atoms with Gasteiger partial charge in [-0.05, 0) is 29.3 Å². The van der Waals surface area contributed by atoms with Gasteiger partial charge in [0, 0.05) is 13.5 Å². The van der Waals surface area contributed by atoms with E-state index in [1.165, 1.54) is 20.9 Å². The molecule has 28 heavy (non-hydrogen) atoms. The summed E-state index contributed by atoms with van der Waals surface area (Å²) in [6.07, 6.45) is 3.16. The molecule has 1 aliphatic rings. The first-order valence-electron chi connectivity index (χ1n) is 9.39. The van der Waals surface area contributed by atoms with Gasteiger partial charge in [-0.2, -0.15) is 0 Å². The summed E-state index contributed by atoms with van der Waals surface area (Å²) < 4.78 is 0. The van der Waals surface area contributed by atoms with Crippen molar-refractivity contribution in [2.75, 3.05) is 38.5 Å². The number of rotatable bonds is 6. The molecule has 1 aliphatic heterocycles. The number of carbonyl (C=O) groups excluding carboxylic acids is 2. The fourth-order valence-corrected chi connectivity index (χ4v) is 3.45. The van der Waals surface area contributed by atoms with Gasteiger partial charge in [-0.1, -0.05) is 54.1 Å². The van der Waals surface area contributed by atoms with Crippen molar-refractivity contribution in [2.45, 2.75) is 6.42 Å². The molecule has 0 radical (unpaired) electrons. The maximum Gasteiger partial charge on any atom is 0.277 e. The summed E-state index contributed by atoms with van der Waals surface area (Å²) in [4.78, 5) is 27.4. The lowest BCUT2D eigenvalue weighted by Gasteiger charge is -2.25. The van der Waals surface area contributed by atoms with Gasteiger partial charge in [0.05, 0.1) is 30.3 Å². The Morgan fingerprint density at radius 2 is 1.82 bits per heavy atom. The molecule has 146 valence electrons. The second-order valence-corrected chi connectivity index (χ2v) is 7.41. The molecule has 2 N–H and O–H groups in total. The fourth-order valence-electron chi connectivity index (χ4n) is 3.26. The molecule has 2 aromatic rings. The van der Waals surface area contributed by atoms with Crippen LogP contribution in [0.15, 0.2) is 60.7 Å². The Kier molecular flexibility index (Phi) is 6.85. The van der Waals surface area contributed by atoms with Gasteiger partial charge >= 0.3 is 0 Å². The molecule has 0 aliphatic carbocycles. The first kappa shape index (κ1) is 20.1. The quantitative estimate of drug-likeness (QED) is 0.783. The van der Waals surface area contributed by atoms with Gasteiger partial charge < -0.3 is 15.1 Å². The minimum absolute atomic E-state index is 0.00242. The van der Waals surface area contributed by atoms with Crippen molar-refractivity contribution in [3.8, 4) is 0 Å². The van der Waals surface area contributed by atoms with E-state index in [0.717, 1.165) is 19.5 Å². The molecular weight excluding hydrogens is 374 g/mol. The second kappa shape index (κ2) is 9.53. The van der Waals surface area contributed by atoms with E-state index in [1.54, 1.807) is 31.3 Å². The predicted molar refractivity (Wildman–Crippen MR) is 112 cm³/mol. The molecule has 0 aromatic heterocycles. The van der Waals surface area contributed by atoms with Gasteiger partial charge in [-0.25, -0.2) is 0 Å². The third-order valence-corrected chi connectivity index (χ3v) is 5.21. The molecule has 5 nitrogen and oxygen atoms in total. The standard InChI is InChI=1S/C22H24ClN3O2/c1-25(15-21(27)24-20-10-6-5-9-19(20)23)22(28)16-26-13-11-18(12-14-26)17-7-3-2-4-8-17/h2-11H,12-16H2,1H3,(H,24,27)/p+1. The minimum Gasteiger partial charge on any atom is -0.332 e. The molecule has 2 aromatic carbocycles. The number of para-hydroxylation sites is 1. The number of nitrogens with one attached hydrogen (secondary N) is 2. The van der Waals surface area contributed by atoms with Crippen LogP contribution in [0.25, 0.3) is 5.57 Å². The zero-order valence-electron chi connectivity index (χ0n) is 16.0. The van der Waals surface area contributed by atoms with Crippen LogP contribution in [0.4, 0.5) is 5.69 Å². The van der Waals surface area contributed by atoms with Crippen LogP contribution < -0.4 is 10.2 Å². The highest BCUT2D eigenvalue weighted by Gasteiger charge is 2.22. The molecule has 6 heteroatoms. The second-order valence-electron chi connectivity index (χ2n) is 7.00. The number of benzene rings is 2. The Hall–Kier alpha value is -2.63. The Morgan fingerprint density at radius 1 is 1.11 bits per heavy atom. The van der Waals surface area contributed by atoms with Gasteiger partial charge in [-0.15, -0.1) is 0 Å². The molecule has 0 saturated carbocycles. The van der Waals surface area contributed by atoms with Crippen molar-refractivity contribution < 1.29 is 14.5 Å². The molecule has 1 unspecified atom stereocenters. The monoisotopic (exact) mass is 398 g/mol. The SMILES string of the molecule is CN(CC(=O)Nc1ccccc1Cl)C(=O)C[NH+]1CC=C(c2ccccc2)CC1. The molecule has 1 atom stereocenters. The molecule has 0 saturated heterocycles. The Morgan fingerprint density at radius 3 is 2.50 bits per heavy atom. The number of hydrogen-bond acceptors (Lipinski definition) is 2. The first-order chi connectivity index (χ1) is 13.5. The van der Waals surface area contributed by atoms with Gasteiger partial charge in [-0.3, -0.25) is 9.59 Å². The Labute approximate surface area is 170 Å². The topological polar surface area (TPSA) is 53.9 Å². The lowest BCUT2D eigenvalue weighted by Crippen LogP contribution is -3.13. The number of nitrogens with zero attached hydrogens (tertiary/aromatic N) is 1. The van der Waals surface area contributed by atoms with E-state index in [9.17, 15) is 9.59 Å². The number of quaternary nitrogens is 1. The van der Waals surface area contributed by atoms with Crippen molar-refractivity contribution in [2.24, 2.45) is 0 Å². The van der Waals surface area contributed by atoms with Crippen LogP contribution in [0.3, 0.4) is 0 Å². The van der Waals surface area contributed by atoms with Gasteiger partial charge in [0.1, 0.15) is 0 Å². The van der Waals surface area contributed by atoms with Crippen LogP contribution in [0, 0.1) is 0 Å². The van der Waals surface area contributed by atoms with Gasteiger partial charge in [0.2, 0.25) is 5.91 Å². The highest BCUT2D eigenvalue weighted by molar-refractivity contribution is 6.33. The summed E-state index contributed by atoms with van der Waals surface area (Å²) in [6, 6.07) is 17.4. The van der Waals surface area contributed by atoms with Crippen molar-refractivity contribution in [3.05, 3.63) is 71.3 Å². The van der Waals surface area contributed by atoms with Crippen molar-refractivity contribution in [3.63, 3.8) is 0 Å².